The summed E-state index contributed by atoms with van der Waals surface area (Å²) in [4.78, 5) is 23.7. The second-order valence-electron chi connectivity index (χ2n) is 8.04. The topological polar surface area (TPSA) is 117 Å². The Bertz CT molecular complexity index is 1070. The summed E-state index contributed by atoms with van der Waals surface area (Å²) in [5.74, 6) is -1.96. The van der Waals surface area contributed by atoms with E-state index in [2.05, 4.69) is 5.32 Å². The van der Waals surface area contributed by atoms with Crippen molar-refractivity contribution >= 4 is 17.7 Å². The van der Waals surface area contributed by atoms with Crippen molar-refractivity contribution in [2.24, 2.45) is 5.92 Å². The Hall–Kier alpha value is -3.76. The maximum absolute atomic E-state index is 14.0. The van der Waals surface area contributed by atoms with Crippen LogP contribution in [0, 0.1) is 17.6 Å². The molecule has 0 aliphatic heterocycles. The highest BCUT2D eigenvalue weighted by Gasteiger charge is 2.24. The fourth-order valence-corrected chi connectivity index (χ4v) is 3.34. The van der Waals surface area contributed by atoms with Gasteiger partial charge in [0.1, 0.15) is 30.1 Å². The molecule has 2 amide bonds. The first kappa shape index (κ1) is 28.5. The van der Waals surface area contributed by atoms with Crippen molar-refractivity contribution in [3.05, 3.63) is 83.5 Å². The van der Waals surface area contributed by atoms with Gasteiger partial charge in [0.05, 0.1) is 12.3 Å². The summed E-state index contributed by atoms with van der Waals surface area (Å²) in [6, 6.07) is 9.63. The van der Waals surface area contributed by atoms with Crippen LogP contribution < -0.4 is 15.5 Å². The number of hydroxylamine groups is 1. The fraction of sp³-hybridized carbons (Fsp3) is 0.308. The van der Waals surface area contributed by atoms with E-state index < -0.39 is 29.7 Å². The molecule has 10 heteroatoms. The lowest BCUT2D eigenvalue weighted by atomic mass is 9.93. The number of nitrogens with one attached hydrogen (secondary N) is 2. The van der Waals surface area contributed by atoms with Crippen LogP contribution in [-0.2, 0) is 9.53 Å². The molecule has 0 saturated heterocycles. The van der Waals surface area contributed by atoms with Gasteiger partial charge in [-0.05, 0) is 61.1 Å². The predicted octanol–water partition coefficient (Wildman–Crippen LogP) is 5.05. The molecule has 4 N–H and O–H groups in total. The molecule has 0 spiro atoms. The van der Waals surface area contributed by atoms with Crippen LogP contribution in [0.3, 0.4) is 0 Å². The van der Waals surface area contributed by atoms with Gasteiger partial charge in [-0.2, -0.15) is 0 Å². The molecule has 194 valence electrons. The molecule has 2 aromatic carbocycles. The molecule has 0 aliphatic rings. The lowest BCUT2D eigenvalue weighted by Gasteiger charge is -2.25. The highest BCUT2D eigenvalue weighted by molar-refractivity contribution is 5.87. The van der Waals surface area contributed by atoms with Crippen LogP contribution >= 0.6 is 0 Å². The maximum atomic E-state index is 14.0. The molecular weight excluding hydrogens is 474 g/mol. The molecule has 36 heavy (non-hydrogen) atoms. The van der Waals surface area contributed by atoms with Gasteiger partial charge in [-0.3, -0.25) is 15.3 Å². The summed E-state index contributed by atoms with van der Waals surface area (Å²) in [6.07, 6.45) is 4.41. The first-order chi connectivity index (χ1) is 17.2. The molecule has 0 aromatic heterocycles. The Balaban J connectivity index is 2.13. The van der Waals surface area contributed by atoms with Gasteiger partial charge < -0.3 is 14.6 Å². The van der Waals surface area contributed by atoms with E-state index in [1.807, 2.05) is 13.0 Å². The molecule has 0 radical (unpaired) electrons. The number of carbonyl (C=O) groups excluding carboxylic acids is 2. The van der Waals surface area contributed by atoms with Gasteiger partial charge in [0.25, 0.3) is 5.91 Å². The van der Waals surface area contributed by atoms with Crippen LogP contribution in [0.25, 0.3) is 0 Å². The molecule has 0 fully saturated rings. The third-order valence-electron chi connectivity index (χ3n) is 5.13. The predicted molar refractivity (Wildman–Crippen MR) is 129 cm³/mol. The van der Waals surface area contributed by atoms with E-state index >= 15 is 0 Å². The van der Waals surface area contributed by atoms with E-state index in [1.165, 1.54) is 11.6 Å². The van der Waals surface area contributed by atoms with Crippen molar-refractivity contribution in [1.29, 1.82) is 0 Å². The number of allylic oxidation sites excluding steroid dienone is 3. The zero-order chi connectivity index (χ0) is 26.5. The highest BCUT2D eigenvalue weighted by atomic mass is 19.1. The largest absolute Gasteiger partial charge is 0.491 e. The molecule has 2 aromatic rings. The number of aliphatic hydroxyl groups is 1. The summed E-state index contributed by atoms with van der Waals surface area (Å²) in [6.45, 7) is 3.61. The standard InChI is InChI=1S/C26H30F2N2O6/c1-17(15-24(32)30-34)5-3-4-6-18(2)25(19-7-10-21(11-8-19)35-14-13-31)36-26(33)29-23-12-9-20(27)16-22(23)28/h3,5,7-12,15-16,18,25,31,34H,4,6,13-14H2,1-2H3,(H,29,33)(H,30,32)/b5-3+,17-15+/t18-,25+/m0/s1. The average Bonchev–Trinajstić information content (AvgIpc) is 2.85. The number of hydrogen-bond donors (Lipinski definition) is 4. The molecule has 8 nitrogen and oxygen atoms in total. The maximum Gasteiger partial charge on any atom is 0.412 e. The van der Waals surface area contributed by atoms with E-state index in [1.54, 1.807) is 37.3 Å². The van der Waals surface area contributed by atoms with Crippen molar-refractivity contribution in [2.75, 3.05) is 18.5 Å². The van der Waals surface area contributed by atoms with Crippen molar-refractivity contribution in [1.82, 2.24) is 5.48 Å². The van der Waals surface area contributed by atoms with Gasteiger partial charge in [-0.15, -0.1) is 0 Å². The highest BCUT2D eigenvalue weighted by Crippen LogP contribution is 2.31. The second-order valence-corrected chi connectivity index (χ2v) is 8.04. The van der Waals surface area contributed by atoms with Gasteiger partial charge in [-0.1, -0.05) is 31.2 Å². The Morgan fingerprint density at radius 1 is 1.14 bits per heavy atom. The lowest BCUT2D eigenvalue weighted by Crippen LogP contribution is -2.22. The van der Waals surface area contributed by atoms with Crippen LogP contribution in [0.1, 0.15) is 38.4 Å². The quantitative estimate of drug-likeness (QED) is 0.139. The number of aliphatic hydroxyl groups excluding tert-OH is 1. The zero-order valence-electron chi connectivity index (χ0n) is 20.0. The van der Waals surface area contributed by atoms with Crippen LogP contribution in [0.2, 0.25) is 0 Å². The number of ether oxygens (including phenoxy) is 2. The van der Waals surface area contributed by atoms with E-state index in [9.17, 15) is 18.4 Å². The Kier molecular flexibility index (Phi) is 11.5. The summed E-state index contributed by atoms with van der Waals surface area (Å²) < 4.78 is 38.1. The van der Waals surface area contributed by atoms with Gasteiger partial charge in [-0.25, -0.2) is 19.1 Å². The molecule has 0 heterocycles. The monoisotopic (exact) mass is 504 g/mol. The molecule has 0 saturated carbocycles. The zero-order valence-corrected chi connectivity index (χ0v) is 20.0. The third kappa shape index (κ3) is 9.47. The minimum absolute atomic E-state index is 0.127. The molecule has 0 aliphatic carbocycles. The number of hydrogen-bond acceptors (Lipinski definition) is 6. The van der Waals surface area contributed by atoms with E-state index in [-0.39, 0.29) is 24.8 Å². The van der Waals surface area contributed by atoms with Gasteiger partial charge in [0.15, 0.2) is 0 Å². The van der Waals surface area contributed by atoms with Crippen molar-refractivity contribution in [3.8, 4) is 5.75 Å². The third-order valence-corrected chi connectivity index (χ3v) is 5.13. The Labute approximate surface area is 208 Å². The summed E-state index contributed by atoms with van der Waals surface area (Å²) in [5, 5.41) is 19.8. The summed E-state index contributed by atoms with van der Waals surface area (Å²) in [5.41, 5.74) is 2.63. The van der Waals surface area contributed by atoms with Crippen molar-refractivity contribution < 1.29 is 38.2 Å². The number of anilines is 1. The van der Waals surface area contributed by atoms with Crippen LogP contribution in [0.5, 0.6) is 5.75 Å². The Morgan fingerprint density at radius 2 is 1.86 bits per heavy atom. The molecule has 0 bridgehead atoms. The fourth-order valence-electron chi connectivity index (χ4n) is 3.34. The van der Waals surface area contributed by atoms with Gasteiger partial charge in [0.2, 0.25) is 0 Å². The molecule has 2 atom stereocenters. The number of carbonyl (C=O) groups is 2. The normalized spacial score (nSPS) is 13.2. The minimum Gasteiger partial charge on any atom is -0.491 e. The molecule has 0 unspecified atom stereocenters. The average molecular weight is 505 g/mol. The summed E-state index contributed by atoms with van der Waals surface area (Å²) >= 11 is 0. The van der Waals surface area contributed by atoms with Crippen LogP contribution in [-0.4, -0.2) is 35.5 Å². The number of halogens is 2. The second kappa shape index (κ2) is 14.6. The molecule has 2 rings (SSSR count). The lowest BCUT2D eigenvalue weighted by molar-refractivity contribution is -0.124. The molecular formula is C26H30F2N2O6. The first-order valence-electron chi connectivity index (χ1n) is 11.3. The van der Waals surface area contributed by atoms with E-state index in [0.717, 1.165) is 12.1 Å². The van der Waals surface area contributed by atoms with Gasteiger partial charge >= 0.3 is 6.09 Å². The number of benzene rings is 2. The van der Waals surface area contributed by atoms with Crippen molar-refractivity contribution in [2.45, 2.75) is 32.8 Å². The van der Waals surface area contributed by atoms with Crippen LogP contribution in [0.4, 0.5) is 19.3 Å². The minimum atomic E-state index is -0.926. The number of amides is 2. The van der Waals surface area contributed by atoms with E-state index in [4.69, 9.17) is 19.8 Å². The van der Waals surface area contributed by atoms with Crippen molar-refractivity contribution in [3.63, 3.8) is 0 Å². The Morgan fingerprint density at radius 3 is 2.50 bits per heavy atom. The van der Waals surface area contributed by atoms with Gasteiger partial charge in [0, 0.05) is 12.1 Å². The van der Waals surface area contributed by atoms with Crippen LogP contribution in [0.15, 0.2) is 66.3 Å². The smallest absolute Gasteiger partial charge is 0.412 e. The number of rotatable bonds is 12. The summed E-state index contributed by atoms with van der Waals surface area (Å²) in [7, 11) is 0. The first-order valence-corrected chi connectivity index (χ1v) is 11.3. The SMILES string of the molecule is CC(/C=C/CC[C@H](C)[C@@H](OC(=O)Nc1ccc(F)cc1F)c1ccc(OCCO)cc1)=C\C(=O)NO. The van der Waals surface area contributed by atoms with E-state index in [0.29, 0.717) is 35.8 Å².